The van der Waals surface area contributed by atoms with E-state index >= 15 is 0 Å². The van der Waals surface area contributed by atoms with Gasteiger partial charge in [0.15, 0.2) is 5.16 Å². The van der Waals surface area contributed by atoms with Gasteiger partial charge in [-0.15, -0.1) is 0 Å². The summed E-state index contributed by atoms with van der Waals surface area (Å²) >= 11 is 1.21. The van der Waals surface area contributed by atoms with Crippen LogP contribution in [0, 0.1) is 19.7 Å². The van der Waals surface area contributed by atoms with Crippen LogP contribution in [0.5, 0.6) is 0 Å². The van der Waals surface area contributed by atoms with Crippen molar-refractivity contribution in [3.63, 3.8) is 0 Å². The molecule has 7 heteroatoms. The van der Waals surface area contributed by atoms with Crippen LogP contribution >= 0.6 is 11.8 Å². The van der Waals surface area contributed by atoms with Crippen molar-refractivity contribution in [2.45, 2.75) is 25.5 Å². The highest BCUT2D eigenvalue weighted by molar-refractivity contribution is 7.99. The summed E-state index contributed by atoms with van der Waals surface area (Å²) in [5, 5.41) is 3.81. The molecule has 0 bridgehead atoms. The Morgan fingerprint density at radius 1 is 1.03 bits per heavy atom. The van der Waals surface area contributed by atoms with Crippen molar-refractivity contribution in [1.29, 1.82) is 0 Å². The number of thioether (sulfide) groups is 1. The molecule has 1 amide bonds. The average molecular weight is 448 g/mol. The third kappa shape index (κ3) is 4.57. The predicted molar refractivity (Wildman–Crippen MR) is 126 cm³/mol. The van der Waals surface area contributed by atoms with E-state index in [1.54, 1.807) is 28.8 Å². The number of aryl methyl sites for hydroxylation is 1. The molecule has 0 fully saturated rings. The standard InChI is InChI=1S/C25H22FN3O2S/c1-16-6-5-9-22(17(16)2)29-24(31)20-7-3-4-8-21(20)28-25(29)32-15-23(30)27-14-18-10-12-19(26)13-11-18/h3-13H,14-15H2,1-2H3,(H,27,30). The molecular weight excluding hydrogens is 425 g/mol. The minimum absolute atomic E-state index is 0.0941. The van der Waals surface area contributed by atoms with Crippen LogP contribution in [0.3, 0.4) is 0 Å². The van der Waals surface area contributed by atoms with Crippen LogP contribution in [-0.2, 0) is 11.3 Å². The average Bonchev–Trinajstić information content (AvgIpc) is 2.80. The molecule has 3 aromatic carbocycles. The molecule has 0 unspecified atom stereocenters. The minimum atomic E-state index is -0.317. The molecule has 0 saturated carbocycles. The van der Waals surface area contributed by atoms with E-state index < -0.39 is 0 Å². The van der Waals surface area contributed by atoms with E-state index in [2.05, 4.69) is 10.3 Å². The Hall–Kier alpha value is -3.45. The van der Waals surface area contributed by atoms with Gasteiger partial charge in [0, 0.05) is 6.54 Å². The smallest absolute Gasteiger partial charge is 0.266 e. The number of rotatable bonds is 6. The molecule has 32 heavy (non-hydrogen) atoms. The second kappa shape index (κ2) is 9.36. The van der Waals surface area contributed by atoms with Crippen LogP contribution in [0.2, 0.25) is 0 Å². The fourth-order valence-corrected chi connectivity index (χ4v) is 4.22. The Balaban J connectivity index is 1.62. The fourth-order valence-electron chi connectivity index (χ4n) is 3.38. The summed E-state index contributed by atoms with van der Waals surface area (Å²) in [6, 6.07) is 19.0. The highest BCUT2D eigenvalue weighted by Gasteiger charge is 2.16. The molecular formula is C25H22FN3O2S. The summed E-state index contributed by atoms with van der Waals surface area (Å²) < 4.78 is 14.6. The molecule has 0 spiro atoms. The van der Waals surface area contributed by atoms with Crippen LogP contribution in [0.25, 0.3) is 16.6 Å². The third-order valence-corrected chi connectivity index (χ3v) is 6.24. The van der Waals surface area contributed by atoms with Crippen LogP contribution in [0.4, 0.5) is 4.39 Å². The Kier molecular flexibility index (Phi) is 6.37. The van der Waals surface area contributed by atoms with Gasteiger partial charge in [-0.25, -0.2) is 9.37 Å². The highest BCUT2D eigenvalue weighted by Crippen LogP contribution is 2.24. The zero-order chi connectivity index (χ0) is 22.7. The molecule has 0 saturated heterocycles. The number of halogens is 1. The lowest BCUT2D eigenvalue weighted by atomic mass is 10.1. The normalized spacial score (nSPS) is 11.0. The molecule has 4 aromatic rings. The number of carbonyl (C=O) groups excluding carboxylic acids is 1. The second-order valence-electron chi connectivity index (χ2n) is 7.46. The second-order valence-corrected chi connectivity index (χ2v) is 8.41. The molecule has 1 N–H and O–H groups in total. The van der Waals surface area contributed by atoms with Crippen LogP contribution in [0.15, 0.2) is 76.7 Å². The van der Waals surface area contributed by atoms with Gasteiger partial charge in [-0.3, -0.25) is 14.2 Å². The van der Waals surface area contributed by atoms with Gasteiger partial charge in [0.1, 0.15) is 5.82 Å². The molecule has 162 valence electrons. The van der Waals surface area contributed by atoms with E-state index in [-0.39, 0.29) is 23.0 Å². The van der Waals surface area contributed by atoms with Gasteiger partial charge in [0.05, 0.1) is 22.3 Å². The third-order valence-electron chi connectivity index (χ3n) is 5.30. The zero-order valence-corrected chi connectivity index (χ0v) is 18.6. The van der Waals surface area contributed by atoms with Gasteiger partial charge in [-0.1, -0.05) is 48.2 Å². The topological polar surface area (TPSA) is 64.0 Å². The number of nitrogens with zero attached hydrogens (tertiary/aromatic N) is 2. The molecule has 0 radical (unpaired) electrons. The number of aromatic nitrogens is 2. The monoisotopic (exact) mass is 447 g/mol. The summed E-state index contributed by atoms with van der Waals surface area (Å²) in [6.45, 7) is 4.26. The summed E-state index contributed by atoms with van der Waals surface area (Å²) in [5.74, 6) is -0.423. The number of carbonyl (C=O) groups is 1. The first kappa shape index (κ1) is 21.8. The molecule has 0 aliphatic carbocycles. The maximum absolute atomic E-state index is 13.4. The van der Waals surface area contributed by atoms with Gasteiger partial charge >= 0.3 is 0 Å². The van der Waals surface area contributed by atoms with E-state index in [0.717, 1.165) is 22.4 Å². The first-order valence-corrected chi connectivity index (χ1v) is 11.1. The van der Waals surface area contributed by atoms with E-state index in [1.165, 1.54) is 23.9 Å². The lowest BCUT2D eigenvalue weighted by molar-refractivity contribution is -0.118. The van der Waals surface area contributed by atoms with Crippen molar-refractivity contribution >= 4 is 28.6 Å². The molecule has 0 aliphatic rings. The zero-order valence-electron chi connectivity index (χ0n) is 17.8. The number of amides is 1. The summed E-state index contributed by atoms with van der Waals surface area (Å²) in [4.78, 5) is 30.5. The van der Waals surface area contributed by atoms with E-state index in [1.807, 2.05) is 44.2 Å². The van der Waals surface area contributed by atoms with Gasteiger partial charge in [-0.05, 0) is 60.9 Å². The lowest BCUT2D eigenvalue weighted by Gasteiger charge is -2.16. The summed E-state index contributed by atoms with van der Waals surface area (Å²) in [7, 11) is 0. The maximum Gasteiger partial charge on any atom is 0.266 e. The van der Waals surface area contributed by atoms with E-state index in [0.29, 0.717) is 22.6 Å². The minimum Gasteiger partial charge on any atom is -0.351 e. The van der Waals surface area contributed by atoms with Crippen LogP contribution < -0.4 is 10.9 Å². The fraction of sp³-hybridized carbons (Fsp3) is 0.160. The molecule has 1 aromatic heterocycles. The molecule has 1 heterocycles. The Morgan fingerprint density at radius 2 is 1.78 bits per heavy atom. The molecule has 5 nitrogen and oxygen atoms in total. The summed E-state index contributed by atoms with van der Waals surface area (Å²) in [5.41, 5.74) is 4.03. The SMILES string of the molecule is Cc1cccc(-n2c(SCC(=O)NCc3ccc(F)cc3)nc3ccccc3c2=O)c1C. The Bertz CT molecular complexity index is 1350. The van der Waals surface area contributed by atoms with Crippen molar-refractivity contribution < 1.29 is 9.18 Å². The van der Waals surface area contributed by atoms with Crippen LogP contribution in [-0.4, -0.2) is 21.2 Å². The van der Waals surface area contributed by atoms with Crippen molar-refractivity contribution in [2.24, 2.45) is 0 Å². The molecule has 4 rings (SSSR count). The van der Waals surface area contributed by atoms with Gasteiger partial charge in [0.2, 0.25) is 5.91 Å². The van der Waals surface area contributed by atoms with Gasteiger partial charge < -0.3 is 5.32 Å². The number of para-hydroxylation sites is 1. The highest BCUT2D eigenvalue weighted by atomic mass is 32.2. The van der Waals surface area contributed by atoms with Gasteiger partial charge in [0.25, 0.3) is 5.56 Å². The van der Waals surface area contributed by atoms with Crippen molar-refractivity contribution in [1.82, 2.24) is 14.9 Å². The van der Waals surface area contributed by atoms with Gasteiger partial charge in [-0.2, -0.15) is 0 Å². The number of hydrogen-bond acceptors (Lipinski definition) is 4. The summed E-state index contributed by atoms with van der Waals surface area (Å²) in [6.07, 6.45) is 0. The number of nitrogens with one attached hydrogen (secondary N) is 1. The molecule has 0 atom stereocenters. The number of hydrogen-bond donors (Lipinski definition) is 1. The maximum atomic E-state index is 13.4. The molecule has 0 aliphatic heterocycles. The predicted octanol–water partition coefficient (Wildman–Crippen LogP) is 4.55. The number of benzene rings is 3. The largest absolute Gasteiger partial charge is 0.351 e. The Morgan fingerprint density at radius 3 is 2.56 bits per heavy atom. The van der Waals surface area contributed by atoms with Crippen molar-refractivity contribution in [2.75, 3.05) is 5.75 Å². The first-order valence-electron chi connectivity index (χ1n) is 10.2. The van der Waals surface area contributed by atoms with Crippen molar-refractivity contribution in [3.8, 4) is 5.69 Å². The first-order chi connectivity index (χ1) is 15.4. The van der Waals surface area contributed by atoms with E-state index in [4.69, 9.17) is 0 Å². The quantitative estimate of drug-likeness (QED) is 0.348. The van der Waals surface area contributed by atoms with Crippen molar-refractivity contribution in [3.05, 3.63) is 99.6 Å². The lowest BCUT2D eigenvalue weighted by Crippen LogP contribution is -2.26. The van der Waals surface area contributed by atoms with E-state index in [9.17, 15) is 14.0 Å². The number of fused-ring (bicyclic) bond motifs is 1. The van der Waals surface area contributed by atoms with Crippen LogP contribution in [0.1, 0.15) is 16.7 Å². The Labute approximate surface area is 189 Å².